The summed E-state index contributed by atoms with van der Waals surface area (Å²) in [5.74, 6) is 0.821. The van der Waals surface area contributed by atoms with Gasteiger partial charge in [-0.05, 0) is 47.5 Å². The second kappa shape index (κ2) is 9.48. The van der Waals surface area contributed by atoms with Gasteiger partial charge in [-0.15, -0.1) is 0 Å². The van der Waals surface area contributed by atoms with Crippen molar-refractivity contribution in [2.75, 3.05) is 27.9 Å². The van der Waals surface area contributed by atoms with Gasteiger partial charge < -0.3 is 39.0 Å². The van der Waals surface area contributed by atoms with Gasteiger partial charge in [0.05, 0.1) is 34.0 Å². The van der Waals surface area contributed by atoms with Crippen molar-refractivity contribution in [2.45, 2.75) is 18.3 Å². The highest BCUT2D eigenvalue weighted by atomic mass is 16.7. The van der Waals surface area contributed by atoms with Crippen LogP contribution in [0.5, 0.6) is 34.5 Å². The van der Waals surface area contributed by atoms with Crippen LogP contribution in [0.4, 0.5) is 0 Å². The maximum Gasteiger partial charge on any atom is 0.184 e. The molecule has 33 heavy (non-hydrogen) atoms. The molecule has 3 atom stereocenters. The Balaban J connectivity index is 1.73. The highest BCUT2D eigenvalue weighted by Crippen LogP contribution is 2.46. The number of hydrogen-bond donors (Lipinski definition) is 3. The third kappa shape index (κ3) is 4.48. The van der Waals surface area contributed by atoms with E-state index in [4.69, 9.17) is 23.7 Å². The van der Waals surface area contributed by atoms with E-state index in [1.165, 1.54) is 27.4 Å². The summed E-state index contributed by atoms with van der Waals surface area (Å²) in [5, 5.41) is 30.0. The van der Waals surface area contributed by atoms with Crippen LogP contribution in [0.1, 0.15) is 35.0 Å². The van der Waals surface area contributed by atoms with E-state index >= 15 is 0 Å². The average Bonchev–Trinajstić information content (AvgIpc) is 2.84. The lowest BCUT2D eigenvalue weighted by Crippen LogP contribution is -2.29. The molecule has 0 spiro atoms. The highest BCUT2D eigenvalue weighted by molar-refractivity contribution is 5.46. The lowest BCUT2D eigenvalue weighted by molar-refractivity contribution is -0.229. The summed E-state index contributed by atoms with van der Waals surface area (Å²) < 4.78 is 28.3. The molecule has 1 saturated heterocycles. The molecule has 0 saturated carbocycles. The summed E-state index contributed by atoms with van der Waals surface area (Å²) in [7, 11) is 4.45. The number of phenols is 3. The molecule has 1 aliphatic heterocycles. The molecule has 8 nitrogen and oxygen atoms in total. The van der Waals surface area contributed by atoms with Crippen LogP contribution in [0.2, 0.25) is 0 Å². The van der Waals surface area contributed by atoms with Crippen LogP contribution in [0.15, 0.2) is 54.6 Å². The third-order valence-corrected chi connectivity index (χ3v) is 5.70. The maximum absolute atomic E-state index is 10.1. The van der Waals surface area contributed by atoms with E-state index < -0.39 is 12.4 Å². The van der Waals surface area contributed by atoms with Crippen molar-refractivity contribution in [2.24, 2.45) is 0 Å². The first-order chi connectivity index (χ1) is 15.9. The van der Waals surface area contributed by atoms with Gasteiger partial charge in [-0.3, -0.25) is 0 Å². The van der Waals surface area contributed by atoms with Gasteiger partial charge >= 0.3 is 0 Å². The Morgan fingerprint density at radius 1 is 0.667 bits per heavy atom. The minimum Gasteiger partial charge on any atom is -0.504 e. The molecule has 0 bridgehead atoms. The van der Waals surface area contributed by atoms with Crippen molar-refractivity contribution >= 4 is 0 Å². The molecule has 3 aromatic rings. The van der Waals surface area contributed by atoms with E-state index in [2.05, 4.69) is 0 Å². The second-order valence-corrected chi connectivity index (χ2v) is 7.62. The first-order valence-electron chi connectivity index (χ1n) is 10.3. The predicted molar refractivity (Wildman–Crippen MR) is 119 cm³/mol. The van der Waals surface area contributed by atoms with Gasteiger partial charge in [0.1, 0.15) is 0 Å². The zero-order valence-electron chi connectivity index (χ0n) is 18.5. The molecule has 1 aliphatic rings. The van der Waals surface area contributed by atoms with Crippen LogP contribution in [-0.4, -0.2) is 43.3 Å². The van der Waals surface area contributed by atoms with Crippen molar-refractivity contribution in [3.63, 3.8) is 0 Å². The fraction of sp³-hybridized carbons (Fsp3) is 0.280. The summed E-state index contributed by atoms with van der Waals surface area (Å²) in [6, 6.07) is 15.1. The number of ether oxygens (including phenoxy) is 5. The van der Waals surface area contributed by atoms with E-state index in [0.29, 0.717) is 29.4 Å². The molecule has 1 fully saturated rings. The molecule has 0 aromatic heterocycles. The average molecular weight is 454 g/mol. The van der Waals surface area contributed by atoms with Gasteiger partial charge in [0.25, 0.3) is 0 Å². The summed E-state index contributed by atoms with van der Waals surface area (Å²) in [5.41, 5.74) is 2.31. The summed E-state index contributed by atoms with van der Waals surface area (Å²) in [6.45, 7) is 0.301. The fourth-order valence-electron chi connectivity index (χ4n) is 3.94. The van der Waals surface area contributed by atoms with E-state index in [1.807, 2.05) is 0 Å². The Hall–Kier alpha value is -3.62. The normalized spacial score (nSPS) is 20.3. The SMILES string of the molecule is COc1cc([C@H]2OC[C@H](c3ccc(O)c(OC)c3)[C@@H](c3ccc(O)c(OC)c3)O2)ccc1O. The van der Waals surface area contributed by atoms with Crippen LogP contribution in [0.25, 0.3) is 0 Å². The quantitative estimate of drug-likeness (QED) is 0.503. The third-order valence-electron chi connectivity index (χ3n) is 5.70. The van der Waals surface area contributed by atoms with Gasteiger partial charge in [-0.1, -0.05) is 18.2 Å². The van der Waals surface area contributed by atoms with Crippen LogP contribution < -0.4 is 14.2 Å². The highest BCUT2D eigenvalue weighted by Gasteiger charge is 2.36. The first-order valence-corrected chi connectivity index (χ1v) is 10.3. The number of aromatic hydroxyl groups is 3. The molecule has 174 valence electrons. The molecule has 1 heterocycles. The van der Waals surface area contributed by atoms with Gasteiger partial charge in [0, 0.05) is 11.5 Å². The lowest BCUT2D eigenvalue weighted by atomic mass is 9.88. The van der Waals surface area contributed by atoms with E-state index in [9.17, 15) is 15.3 Å². The predicted octanol–water partition coefficient (Wildman–Crippen LogP) is 4.40. The molecule has 0 radical (unpaired) electrons. The van der Waals surface area contributed by atoms with Gasteiger partial charge in [0.15, 0.2) is 40.8 Å². The van der Waals surface area contributed by atoms with Crippen LogP contribution in [0, 0.1) is 0 Å². The Bertz CT molecular complexity index is 1130. The molecule has 4 rings (SSSR count). The Labute approximate surface area is 191 Å². The monoisotopic (exact) mass is 454 g/mol. The van der Waals surface area contributed by atoms with Crippen molar-refractivity contribution in [3.05, 3.63) is 71.3 Å². The molecule has 0 aliphatic carbocycles. The van der Waals surface area contributed by atoms with Crippen LogP contribution >= 0.6 is 0 Å². The van der Waals surface area contributed by atoms with Crippen LogP contribution in [0.3, 0.4) is 0 Å². The van der Waals surface area contributed by atoms with Crippen molar-refractivity contribution in [3.8, 4) is 34.5 Å². The summed E-state index contributed by atoms with van der Waals surface area (Å²) in [4.78, 5) is 0. The molecule has 3 aromatic carbocycles. The van der Waals surface area contributed by atoms with Gasteiger partial charge in [-0.25, -0.2) is 0 Å². The van der Waals surface area contributed by atoms with E-state index in [1.54, 1.807) is 48.5 Å². The Kier molecular flexibility index (Phi) is 6.48. The zero-order chi connectivity index (χ0) is 23.5. The zero-order valence-corrected chi connectivity index (χ0v) is 18.5. The Morgan fingerprint density at radius 3 is 1.67 bits per heavy atom. The molecule has 0 amide bonds. The van der Waals surface area contributed by atoms with Crippen LogP contribution in [-0.2, 0) is 9.47 Å². The maximum atomic E-state index is 10.1. The topological polar surface area (TPSA) is 107 Å². The Morgan fingerprint density at radius 2 is 1.12 bits per heavy atom. The summed E-state index contributed by atoms with van der Waals surface area (Å²) in [6.07, 6.45) is -1.20. The fourth-order valence-corrected chi connectivity index (χ4v) is 3.94. The van der Waals surface area contributed by atoms with Crippen molar-refractivity contribution in [1.82, 2.24) is 0 Å². The molecule has 8 heteroatoms. The smallest absolute Gasteiger partial charge is 0.184 e. The standard InChI is InChI=1S/C25H26O8/c1-29-21-10-14(4-7-18(21)26)17-13-32-25(16-6-9-20(28)23(12-16)31-3)33-24(17)15-5-8-19(27)22(11-15)30-2/h4-12,17,24-28H,13H2,1-3H3/t17-,24-,25+/m1/s1. The largest absolute Gasteiger partial charge is 0.504 e. The van der Waals surface area contributed by atoms with E-state index in [0.717, 1.165) is 11.1 Å². The number of hydrogen-bond acceptors (Lipinski definition) is 8. The van der Waals surface area contributed by atoms with E-state index in [-0.39, 0.29) is 23.2 Å². The van der Waals surface area contributed by atoms with Gasteiger partial charge in [-0.2, -0.15) is 0 Å². The molecule has 0 unspecified atom stereocenters. The van der Waals surface area contributed by atoms with Crippen molar-refractivity contribution < 1.29 is 39.0 Å². The number of benzene rings is 3. The van der Waals surface area contributed by atoms with Crippen molar-refractivity contribution in [1.29, 1.82) is 0 Å². The van der Waals surface area contributed by atoms with Gasteiger partial charge in [0.2, 0.25) is 0 Å². The number of methoxy groups -OCH3 is 3. The molecule has 3 N–H and O–H groups in total. The molecular formula is C25H26O8. The summed E-state index contributed by atoms with van der Waals surface area (Å²) >= 11 is 0. The minimum atomic E-state index is -0.723. The number of rotatable bonds is 6. The molecular weight excluding hydrogens is 428 g/mol. The first kappa shape index (κ1) is 22.6. The number of phenolic OH excluding ortho intramolecular Hbond substituents is 3. The minimum absolute atomic E-state index is 0.0194. The lowest BCUT2D eigenvalue weighted by Gasteiger charge is -2.37. The second-order valence-electron chi connectivity index (χ2n) is 7.62.